The van der Waals surface area contributed by atoms with E-state index in [9.17, 15) is 9.59 Å². The molecule has 0 bridgehead atoms. The van der Waals surface area contributed by atoms with E-state index in [2.05, 4.69) is 13.8 Å². The van der Waals surface area contributed by atoms with Crippen molar-refractivity contribution in [2.24, 2.45) is 0 Å². The standard InChI is InChI=1S/C19H15Cl2NO2S/c1-11(2)13-5-3-12(4-6-13)9-17-18(23)22(19(24)25-17)14-7-8-15(20)16(21)10-14/h3-11H,1-2H3/b17-9-. The van der Waals surface area contributed by atoms with E-state index in [4.69, 9.17) is 23.2 Å². The molecule has 25 heavy (non-hydrogen) atoms. The molecule has 0 aliphatic carbocycles. The van der Waals surface area contributed by atoms with Crippen molar-refractivity contribution in [1.82, 2.24) is 0 Å². The fraction of sp³-hybridized carbons (Fsp3) is 0.158. The number of carbonyl (C=O) groups is 2. The Bertz CT molecular complexity index is 875. The van der Waals surface area contributed by atoms with Crippen LogP contribution in [0.5, 0.6) is 0 Å². The number of thioether (sulfide) groups is 1. The minimum atomic E-state index is -0.360. The van der Waals surface area contributed by atoms with Crippen LogP contribution in [-0.2, 0) is 4.79 Å². The zero-order valence-electron chi connectivity index (χ0n) is 13.6. The zero-order valence-corrected chi connectivity index (χ0v) is 16.0. The number of rotatable bonds is 3. The molecule has 0 N–H and O–H groups in total. The van der Waals surface area contributed by atoms with Gasteiger partial charge in [0, 0.05) is 0 Å². The summed E-state index contributed by atoms with van der Waals surface area (Å²) < 4.78 is 0. The highest BCUT2D eigenvalue weighted by Gasteiger charge is 2.36. The third-order valence-electron chi connectivity index (χ3n) is 3.86. The second-order valence-electron chi connectivity index (χ2n) is 5.94. The molecule has 1 fully saturated rings. The van der Waals surface area contributed by atoms with Gasteiger partial charge in [-0.3, -0.25) is 9.59 Å². The van der Waals surface area contributed by atoms with Crippen molar-refractivity contribution in [3.63, 3.8) is 0 Å². The topological polar surface area (TPSA) is 37.4 Å². The lowest BCUT2D eigenvalue weighted by atomic mass is 10.0. The summed E-state index contributed by atoms with van der Waals surface area (Å²) in [6, 6.07) is 12.6. The number of nitrogens with zero attached hydrogens (tertiary/aromatic N) is 1. The van der Waals surface area contributed by atoms with Gasteiger partial charge in [0.2, 0.25) is 0 Å². The first kappa shape index (κ1) is 18.1. The summed E-state index contributed by atoms with van der Waals surface area (Å²) in [4.78, 5) is 26.4. The minimum Gasteiger partial charge on any atom is -0.268 e. The first-order valence-corrected chi connectivity index (χ1v) is 9.27. The Kier molecular flexibility index (Phi) is 5.23. The molecule has 0 atom stereocenters. The molecular formula is C19H15Cl2NO2S. The van der Waals surface area contributed by atoms with Crippen LogP contribution in [-0.4, -0.2) is 11.1 Å². The van der Waals surface area contributed by atoms with Crippen molar-refractivity contribution in [1.29, 1.82) is 0 Å². The number of hydrogen-bond donors (Lipinski definition) is 0. The summed E-state index contributed by atoms with van der Waals surface area (Å²) in [5, 5.41) is 0.318. The highest BCUT2D eigenvalue weighted by atomic mass is 35.5. The van der Waals surface area contributed by atoms with Crippen LogP contribution in [0.15, 0.2) is 47.4 Å². The van der Waals surface area contributed by atoms with E-state index in [1.54, 1.807) is 18.2 Å². The molecule has 2 aromatic rings. The Labute approximate surface area is 160 Å². The zero-order chi connectivity index (χ0) is 18.1. The number of halogens is 2. The van der Waals surface area contributed by atoms with E-state index in [0.717, 1.165) is 22.2 Å². The number of carbonyl (C=O) groups excluding carboxylic acids is 2. The molecule has 0 radical (unpaired) electrons. The van der Waals surface area contributed by atoms with Crippen LogP contribution < -0.4 is 4.90 Å². The first-order valence-electron chi connectivity index (χ1n) is 7.70. The average Bonchev–Trinajstić information content (AvgIpc) is 2.85. The predicted molar refractivity (Wildman–Crippen MR) is 105 cm³/mol. The lowest BCUT2D eigenvalue weighted by molar-refractivity contribution is -0.113. The highest BCUT2D eigenvalue weighted by Crippen LogP contribution is 2.37. The summed E-state index contributed by atoms with van der Waals surface area (Å²) in [5.41, 5.74) is 2.51. The molecule has 1 saturated heterocycles. The summed E-state index contributed by atoms with van der Waals surface area (Å²) in [6.07, 6.45) is 1.73. The lowest BCUT2D eigenvalue weighted by Gasteiger charge is -2.13. The van der Waals surface area contributed by atoms with Crippen molar-refractivity contribution >= 4 is 57.9 Å². The van der Waals surface area contributed by atoms with Crippen LogP contribution in [0.1, 0.15) is 30.9 Å². The normalized spacial score (nSPS) is 16.4. The molecule has 128 valence electrons. The molecule has 3 rings (SSSR count). The van der Waals surface area contributed by atoms with Gasteiger partial charge in [0.25, 0.3) is 11.1 Å². The molecular weight excluding hydrogens is 377 g/mol. The van der Waals surface area contributed by atoms with Gasteiger partial charge < -0.3 is 0 Å². The highest BCUT2D eigenvalue weighted by molar-refractivity contribution is 8.19. The third-order valence-corrected chi connectivity index (χ3v) is 5.46. The Morgan fingerprint density at radius 1 is 1.00 bits per heavy atom. The SMILES string of the molecule is CC(C)c1ccc(/C=C2\SC(=O)N(c3ccc(Cl)c(Cl)c3)C2=O)cc1. The maximum absolute atomic E-state index is 12.6. The van der Waals surface area contributed by atoms with Gasteiger partial charge in [-0.1, -0.05) is 61.3 Å². The Morgan fingerprint density at radius 2 is 1.68 bits per heavy atom. The molecule has 2 aromatic carbocycles. The third kappa shape index (κ3) is 3.76. The van der Waals surface area contributed by atoms with Gasteiger partial charge in [0.1, 0.15) is 0 Å². The summed E-state index contributed by atoms with van der Waals surface area (Å²) >= 11 is 12.8. The summed E-state index contributed by atoms with van der Waals surface area (Å²) in [7, 11) is 0. The van der Waals surface area contributed by atoms with Crippen LogP contribution in [0.4, 0.5) is 10.5 Å². The van der Waals surface area contributed by atoms with Crippen molar-refractivity contribution in [3.05, 3.63) is 68.5 Å². The van der Waals surface area contributed by atoms with Gasteiger partial charge in [-0.15, -0.1) is 0 Å². The average molecular weight is 392 g/mol. The molecule has 0 aromatic heterocycles. The van der Waals surface area contributed by atoms with Crippen molar-refractivity contribution < 1.29 is 9.59 Å². The monoisotopic (exact) mass is 391 g/mol. The molecule has 6 heteroatoms. The van der Waals surface area contributed by atoms with Crippen LogP contribution in [0, 0.1) is 0 Å². The Balaban J connectivity index is 1.88. The van der Waals surface area contributed by atoms with E-state index < -0.39 is 0 Å². The number of imide groups is 1. The molecule has 1 aliphatic heterocycles. The van der Waals surface area contributed by atoms with Crippen LogP contribution >= 0.6 is 35.0 Å². The first-order chi connectivity index (χ1) is 11.9. The second kappa shape index (κ2) is 7.24. The van der Waals surface area contributed by atoms with Crippen molar-refractivity contribution in [3.8, 4) is 0 Å². The molecule has 2 amide bonds. The van der Waals surface area contributed by atoms with E-state index in [1.165, 1.54) is 11.6 Å². The molecule has 0 unspecified atom stereocenters. The summed E-state index contributed by atoms with van der Waals surface area (Å²) in [6.45, 7) is 4.25. The predicted octanol–water partition coefficient (Wildman–Crippen LogP) is 6.36. The van der Waals surface area contributed by atoms with Crippen LogP contribution in [0.25, 0.3) is 6.08 Å². The number of hydrogen-bond acceptors (Lipinski definition) is 3. The number of amides is 2. The van der Waals surface area contributed by atoms with Crippen molar-refractivity contribution in [2.75, 3.05) is 4.90 Å². The van der Waals surface area contributed by atoms with E-state index in [1.807, 2.05) is 24.3 Å². The fourth-order valence-corrected chi connectivity index (χ4v) is 3.58. The van der Waals surface area contributed by atoms with E-state index >= 15 is 0 Å². The molecule has 1 aliphatic rings. The summed E-state index contributed by atoms with van der Waals surface area (Å²) in [5.74, 6) is 0.0808. The molecule has 1 heterocycles. The maximum atomic E-state index is 12.6. The molecule has 0 saturated carbocycles. The van der Waals surface area contributed by atoms with Gasteiger partial charge >= 0.3 is 0 Å². The van der Waals surface area contributed by atoms with Crippen molar-refractivity contribution in [2.45, 2.75) is 19.8 Å². The maximum Gasteiger partial charge on any atom is 0.298 e. The fourth-order valence-electron chi connectivity index (χ4n) is 2.44. The van der Waals surface area contributed by atoms with Gasteiger partial charge in [0.15, 0.2) is 0 Å². The smallest absolute Gasteiger partial charge is 0.268 e. The van der Waals surface area contributed by atoms with E-state index in [0.29, 0.717) is 26.6 Å². The Hall–Kier alpha value is -1.75. The molecule has 3 nitrogen and oxygen atoms in total. The van der Waals surface area contributed by atoms with Crippen LogP contribution in [0.3, 0.4) is 0 Å². The van der Waals surface area contributed by atoms with Gasteiger partial charge in [-0.2, -0.15) is 0 Å². The number of benzene rings is 2. The minimum absolute atomic E-state index is 0.298. The largest absolute Gasteiger partial charge is 0.298 e. The quantitative estimate of drug-likeness (QED) is 0.571. The van der Waals surface area contributed by atoms with Gasteiger partial charge in [-0.25, -0.2) is 4.90 Å². The Morgan fingerprint density at radius 3 is 2.28 bits per heavy atom. The molecule has 0 spiro atoms. The van der Waals surface area contributed by atoms with Gasteiger partial charge in [-0.05, 0) is 53.1 Å². The van der Waals surface area contributed by atoms with Gasteiger partial charge in [0.05, 0.1) is 20.6 Å². The van der Waals surface area contributed by atoms with E-state index in [-0.39, 0.29) is 11.1 Å². The second-order valence-corrected chi connectivity index (χ2v) is 7.74. The lowest BCUT2D eigenvalue weighted by Crippen LogP contribution is -2.27. The van der Waals surface area contributed by atoms with Crippen LogP contribution in [0.2, 0.25) is 10.0 Å². The number of anilines is 1.